The number of carbonyl (C=O) groups excluding carboxylic acids is 1. The molecule has 0 fully saturated rings. The minimum absolute atomic E-state index is 0.146. The Morgan fingerprint density at radius 1 is 1.33 bits per heavy atom. The van der Waals surface area contributed by atoms with Gasteiger partial charge in [-0.25, -0.2) is 4.98 Å². The topological polar surface area (TPSA) is 84.1 Å². The molecule has 6 nitrogen and oxygen atoms in total. The third-order valence-corrected chi connectivity index (χ3v) is 5.36. The Morgan fingerprint density at radius 3 is 2.85 bits per heavy atom. The van der Waals surface area contributed by atoms with Crippen molar-refractivity contribution >= 4 is 45.9 Å². The zero-order valence-corrected chi connectivity index (χ0v) is 16.4. The van der Waals surface area contributed by atoms with Gasteiger partial charge in [-0.2, -0.15) is 0 Å². The van der Waals surface area contributed by atoms with Crippen molar-refractivity contribution in [3.05, 3.63) is 63.7 Å². The summed E-state index contributed by atoms with van der Waals surface area (Å²) in [6.45, 7) is 1.90. The molecule has 0 saturated heterocycles. The maximum absolute atomic E-state index is 12.2. The van der Waals surface area contributed by atoms with Crippen LogP contribution in [-0.4, -0.2) is 28.7 Å². The first-order chi connectivity index (χ1) is 13.0. The summed E-state index contributed by atoms with van der Waals surface area (Å²) in [5.74, 6) is 1.13. The average molecular weight is 404 g/mol. The van der Waals surface area contributed by atoms with Gasteiger partial charge in [0.25, 0.3) is 5.56 Å². The van der Waals surface area contributed by atoms with Crippen LogP contribution in [0.1, 0.15) is 18.0 Å². The lowest BCUT2D eigenvalue weighted by Gasteiger charge is -2.12. The van der Waals surface area contributed by atoms with Gasteiger partial charge >= 0.3 is 0 Å². The number of thioether (sulfide) groups is 1. The number of hydrogen-bond donors (Lipinski definition) is 2. The van der Waals surface area contributed by atoms with Crippen molar-refractivity contribution in [3.63, 3.8) is 0 Å². The summed E-state index contributed by atoms with van der Waals surface area (Å²) in [5.41, 5.74) is 1.05. The third kappa shape index (κ3) is 4.61. The van der Waals surface area contributed by atoms with E-state index >= 15 is 0 Å². The van der Waals surface area contributed by atoms with Gasteiger partial charge in [0.1, 0.15) is 11.6 Å². The van der Waals surface area contributed by atoms with E-state index < -0.39 is 0 Å². The number of halogens is 1. The minimum Gasteiger partial charge on any atom is -0.495 e. The monoisotopic (exact) mass is 403 g/mol. The molecule has 1 aromatic heterocycles. The third-order valence-electron chi connectivity index (χ3n) is 3.92. The number of para-hydroxylation sites is 1. The number of rotatable bonds is 6. The van der Waals surface area contributed by atoms with Gasteiger partial charge in [-0.3, -0.25) is 9.59 Å². The predicted octanol–water partition coefficient (Wildman–Crippen LogP) is 4.02. The molecule has 0 bridgehead atoms. The molecule has 0 aliphatic carbocycles. The van der Waals surface area contributed by atoms with E-state index in [9.17, 15) is 9.59 Å². The molecule has 0 saturated carbocycles. The van der Waals surface area contributed by atoms with Gasteiger partial charge < -0.3 is 15.0 Å². The molecule has 3 aromatic rings. The smallest absolute Gasteiger partial charge is 0.258 e. The molecule has 2 N–H and O–H groups in total. The van der Waals surface area contributed by atoms with Crippen LogP contribution in [0.3, 0.4) is 0 Å². The second-order valence-corrected chi connectivity index (χ2v) is 7.56. The van der Waals surface area contributed by atoms with Gasteiger partial charge in [-0.05, 0) is 37.3 Å². The highest BCUT2D eigenvalue weighted by atomic mass is 35.5. The van der Waals surface area contributed by atoms with Crippen molar-refractivity contribution in [1.82, 2.24) is 9.97 Å². The summed E-state index contributed by atoms with van der Waals surface area (Å²) >= 11 is 7.44. The molecule has 0 radical (unpaired) electrons. The number of hydrogen-bond acceptors (Lipinski definition) is 5. The molecule has 1 atom stereocenters. The molecule has 8 heteroatoms. The Bertz CT molecular complexity index is 1040. The number of carbonyl (C=O) groups is 1. The van der Waals surface area contributed by atoms with Gasteiger partial charge in [0.05, 0.1) is 34.0 Å². The standard InChI is InChI=1S/C19H18ClN3O3S/c1-11(18-22-15-6-4-3-5-13(15)19(25)23-18)27-10-17(24)21-12-7-8-16(26-2)14(20)9-12/h3-9,11H,10H2,1-2H3,(H,21,24)(H,22,23,25). The SMILES string of the molecule is COc1ccc(NC(=O)CSC(C)c2nc3ccccc3c(=O)[nH]2)cc1Cl. The summed E-state index contributed by atoms with van der Waals surface area (Å²) in [6, 6.07) is 12.2. The number of nitrogens with zero attached hydrogens (tertiary/aromatic N) is 1. The number of anilines is 1. The number of benzene rings is 2. The number of amides is 1. The fourth-order valence-electron chi connectivity index (χ4n) is 2.52. The van der Waals surface area contributed by atoms with E-state index in [1.807, 2.05) is 13.0 Å². The van der Waals surface area contributed by atoms with Crippen LogP contribution in [0.5, 0.6) is 5.75 Å². The van der Waals surface area contributed by atoms with Crippen LogP contribution in [-0.2, 0) is 4.79 Å². The number of H-pyrrole nitrogens is 1. The van der Waals surface area contributed by atoms with E-state index in [-0.39, 0.29) is 22.5 Å². The lowest BCUT2D eigenvalue weighted by Crippen LogP contribution is -2.16. The summed E-state index contributed by atoms with van der Waals surface area (Å²) in [7, 11) is 1.53. The number of methoxy groups -OCH3 is 1. The maximum atomic E-state index is 12.2. The zero-order valence-electron chi connectivity index (χ0n) is 14.8. The first-order valence-corrected chi connectivity index (χ1v) is 9.64. The Kier molecular flexibility index (Phi) is 6.03. The molecular weight excluding hydrogens is 386 g/mol. The van der Waals surface area contributed by atoms with Crippen LogP contribution in [0.4, 0.5) is 5.69 Å². The van der Waals surface area contributed by atoms with Crippen LogP contribution in [0, 0.1) is 0 Å². The summed E-state index contributed by atoms with van der Waals surface area (Å²) < 4.78 is 5.09. The number of aromatic amines is 1. The largest absolute Gasteiger partial charge is 0.495 e. The summed E-state index contributed by atoms with van der Waals surface area (Å²) in [6.07, 6.45) is 0. The van der Waals surface area contributed by atoms with Gasteiger partial charge in [-0.15, -0.1) is 11.8 Å². The predicted molar refractivity (Wildman–Crippen MR) is 110 cm³/mol. The Balaban J connectivity index is 1.63. The Hall–Kier alpha value is -2.51. The van der Waals surface area contributed by atoms with E-state index in [0.29, 0.717) is 33.2 Å². The van der Waals surface area contributed by atoms with Gasteiger partial charge in [0, 0.05) is 5.69 Å². The van der Waals surface area contributed by atoms with E-state index in [2.05, 4.69) is 15.3 Å². The molecule has 1 heterocycles. The molecule has 3 rings (SSSR count). The minimum atomic E-state index is -0.180. The molecule has 0 spiro atoms. The fourth-order valence-corrected chi connectivity index (χ4v) is 3.52. The number of ether oxygens (including phenoxy) is 1. The molecule has 0 aliphatic rings. The first kappa shape index (κ1) is 19.3. The van der Waals surface area contributed by atoms with Crippen LogP contribution in [0.25, 0.3) is 10.9 Å². The fraction of sp³-hybridized carbons (Fsp3) is 0.211. The molecular formula is C19H18ClN3O3S. The van der Waals surface area contributed by atoms with Crippen molar-refractivity contribution in [2.24, 2.45) is 0 Å². The van der Waals surface area contributed by atoms with Crippen molar-refractivity contribution in [2.45, 2.75) is 12.2 Å². The van der Waals surface area contributed by atoms with E-state index in [1.54, 1.807) is 36.4 Å². The van der Waals surface area contributed by atoms with E-state index in [4.69, 9.17) is 16.3 Å². The average Bonchev–Trinajstić information content (AvgIpc) is 2.66. The number of fused-ring (bicyclic) bond motifs is 1. The van der Waals surface area contributed by atoms with Crippen LogP contribution >= 0.6 is 23.4 Å². The maximum Gasteiger partial charge on any atom is 0.258 e. The van der Waals surface area contributed by atoms with E-state index in [0.717, 1.165) is 0 Å². The molecule has 0 aliphatic heterocycles. The van der Waals surface area contributed by atoms with Crippen LogP contribution in [0.15, 0.2) is 47.3 Å². The van der Waals surface area contributed by atoms with Gasteiger partial charge in [0.2, 0.25) is 5.91 Å². The van der Waals surface area contributed by atoms with Crippen LogP contribution in [0.2, 0.25) is 5.02 Å². The summed E-state index contributed by atoms with van der Waals surface area (Å²) in [4.78, 5) is 31.6. The Morgan fingerprint density at radius 2 is 2.11 bits per heavy atom. The second-order valence-electron chi connectivity index (χ2n) is 5.82. The number of aromatic nitrogens is 2. The highest BCUT2D eigenvalue weighted by Gasteiger charge is 2.14. The lowest BCUT2D eigenvalue weighted by atomic mass is 10.2. The van der Waals surface area contributed by atoms with Crippen molar-refractivity contribution in [2.75, 3.05) is 18.2 Å². The van der Waals surface area contributed by atoms with Gasteiger partial charge in [-0.1, -0.05) is 23.7 Å². The highest BCUT2D eigenvalue weighted by Crippen LogP contribution is 2.28. The van der Waals surface area contributed by atoms with Crippen molar-refractivity contribution in [1.29, 1.82) is 0 Å². The molecule has 2 aromatic carbocycles. The summed E-state index contributed by atoms with van der Waals surface area (Å²) in [5, 5.41) is 3.62. The van der Waals surface area contributed by atoms with Gasteiger partial charge in [0.15, 0.2) is 0 Å². The first-order valence-electron chi connectivity index (χ1n) is 8.22. The zero-order chi connectivity index (χ0) is 19.4. The van der Waals surface area contributed by atoms with Crippen molar-refractivity contribution < 1.29 is 9.53 Å². The van der Waals surface area contributed by atoms with Crippen molar-refractivity contribution in [3.8, 4) is 5.75 Å². The molecule has 140 valence electrons. The lowest BCUT2D eigenvalue weighted by molar-refractivity contribution is -0.113. The Labute approximate surface area is 165 Å². The normalized spacial score (nSPS) is 12.0. The molecule has 1 unspecified atom stereocenters. The van der Waals surface area contributed by atoms with Crippen LogP contribution < -0.4 is 15.6 Å². The second kappa shape index (κ2) is 8.45. The van der Waals surface area contributed by atoms with E-state index in [1.165, 1.54) is 18.9 Å². The number of nitrogens with one attached hydrogen (secondary N) is 2. The molecule has 1 amide bonds. The molecule has 27 heavy (non-hydrogen) atoms. The quantitative estimate of drug-likeness (QED) is 0.649. The highest BCUT2D eigenvalue weighted by molar-refractivity contribution is 8.00.